The second-order valence-electron chi connectivity index (χ2n) is 14.4. The van der Waals surface area contributed by atoms with Crippen LogP contribution in [-0.4, -0.2) is 0 Å². The molecular formula is C53H35NO. The highest BCUT2D eigenvalue weighted by Gasteiger charge is 2.46. The predicted molar refractivity (Wildman–Crippen MR) is 229 cm³/mol. The van der Waals surface area contributed by atoms with Crippen molar-refractivity contribution in [3.8, 4) is 22.3 Å². The number of anilines is 3. The van der Waals surface area contributed by atoms with Crippen molar-refractivity contribution >= 4 is 49.8 Å². The molecule has 0 atom stereocenters. The largest absolute Gasteiger partial charge is 0.455 e. The van der Waals surface area contributed by atoms with E-state index in [2.05, 4.69) is 217 Å². The third-order valence-electron chi connectivity index (χ3n) is 11.5. The molecule has 10 aromatic rings. The molecule has 0 bridgehead atoms. The highest BCUT2D eigenvalue weighted by Crippen LogP contribution is 2.57. The van der Waals surface area contributed by atoms with Gasteiger partial charge in [-0.1, -0.05) is 170 Å². The lowest BCUT2D eigenvalue weighted by Gasteiger charge is -2.35. The van der Waals surface area contributed by atoms with Crippen molar-refractivity contribution in [3.63, 3.8) is 0 Å². The molecule has 0 unspecified atom stereocenters. The fourth-order valence-electron chi connectivity index (χ4n) is 9.26. The van der Waals surface area contributed by atoms with Crippen LogP contribution in [0.3, 0.4) is 0 Å². The van der Waals surface area contributed by atoms with E-state index in [-0.39, 0.29) is 0 Å². The summed E-state index contributed by atoms with van der Waals surface area (Å²) in [6, 6.07) is 76.8. The summed E-state index contributed by atoms with van der Waals surface area (Å²) in [4.78, 5) is 2.41. The normalized spacial score (nSPS) is 12.9. The van der Waals surface area contributed by atoms with Gasteiger partial charge in [0.15, 0.2) is 0 Å². The Balaban J connectivity index is 1.21. The van der Waals surface area contributed by atoms with Gasteiger partial charge >= 0.3 is 0 Å². The van der Waals surface area contributed by atoms with E-state index in [1.54, 1.807) is 0 Å². The number of nitrogens with zero attached hydrogens (tertiary/aromatic N) is 1. The molecule has 55 heavy (non-hydrogen) atoms. The summed E-state index contributed by atoms with van der Waals surface area (Å²) in [5.41, 5.74) is 14.3. The molecule has 0 saturated heterocycles. The first-order valence-electron chi connectivity index (χ1n) is 18.9. The summed E-state index contributed by atoms with van der Waals surface area (Å²) in [5, 5.41) is 4.57. The van der Waals surface area contributed by atoms with E-state index in [0.717, 1.165) is 50.1 Å². The molecule has 0 aliphatic heterocycles. The van der Waals surface area contributed by atoms with E-state index in [1.807, 2.05) is 0 Å². The topological polar surface area (TPSA) is 16.4 Å². The quantitative estimate of drug-likeness (QED) is 0.172. The highest BCUT2D eigenvalue weighted by molar-refractivity contribution is 6.26. The summed E-state index contributed by atoms with van der Waals surface area (Å²) in [7, 11) is 0. The standard InChI is InChI=1S/C53H35NO/c1-4-18-36(19-5-1)45-34-37-20-10-11-27-42(37)50-51-48(32-17-33-49(51)55-52(45)50)54(40-24-8-3-9-25-40)41-26-16-23-39(35-41)53(38-21-6-2-7-22-38)46-30-14-12-28-43(46)44-29-13-15-31-47(44)53/h1-35H. The Bertz CT molecular complexity index is 2990. The number of furan rings is 1. The summed E-state index contributed by atoms with van der Waals surface area (Å²) in [5.74, 6) is 0. The Kier molecular flexibility index (Phi) is 7.11. The van der Waals surface area contributed by atoms with Crippen molar-refractivity contribution in [2.45, 2.75) is 5.41 Å². The van der Waals surface area contributed by atoms with Crippen molar-refractivity contribution in [1.82, 2.24) is 0 Å². The van der Waals surface area contributed by atoms with Crippen molar-refractivity contribution in [3.05, 3.63) is 235 Å². The van der Waals surface area contributed by atoms with Crippen LogP contribution in [0.1, 0.15) is 22.3 Å². The van der Waals surface area contributed by atoms with Crippen LogP contribution in [0.2, 0.25) is 0 Å². The molecule has 2 heteroatoms. The Morgan fingerprint density at radius 2 is 0.982 bits per heavy atom. The zero-order valence-electron chi connectivity index (χ0n) is 30.1. The molecule has 0 fully saturated rings. The van der Waals surface area contributed by atoms with Gasteiger partial charge < -0.3 is 9.32 Å². The molecule has 0 amide bonds. The van der Waals surface area contributed by atoms with Crippen LogP contribution in [0.25, 0.3) is 55.0 Å². The number of hydrogen-bond donors (Lipinski definition) is 0. The van der Waals surface area contributed by atoms with E-state index < -0.39 is 5.41 Å². The van der Waals surface area contributed by atoms with E-state index in [9.17, 15) is 0 Å². The summed E-state index contributed by atoms with van der Waals surface area (Å²) in [6.45, 7) is 0. The third kappa shape index (κ3) is 4.68. The average molecular weight is 702 g/mol. The van der Waals surface area contributed by atoms with Crippen LogP contribution in [0.5, 0.6) is 0 Å². The molecule has 1 aliphatic rings. The molecule has 0 spiro atoms. The minimum absolute atomic E-state index is 0.512. The number of hydrogen-bond acceptors (Lipinski definition) is 2. The molecule has 0 N–H and O–H groups in total. The number of fused-ring (bicyclic) bond motifs is 8. The second-order valence-corrected chi connectivity index (χ2v) is 14.4. The third-order valence-corrected chi connectivity index (χ3v) is 11.5. The van der Waals surface area contributed by atoms with Crippen LogP contribution in [0, 0.1) is 0 Å². The van der Waals surface area contributed by atoms with Crippen molar-refractivity contribution in [1.29, 1.82) is 0 Å². The maximum Gasteiger partial charge on any atom is 0.143 e. The van der Waals surface area contributed by atoms with Gasteiger partial charge in [-0.3, -0.25) is 0 Å². The zero-order chi connectivity index (χ0) is 36.3. The predicted octanol–water partition coefficient (Wildman–Crippen LogP) is 14.2. The molecule has 11 rings (SSSR count). The van der Waals surface area contributed by atoms with Gasteiger partial charge in [-0.05, 0) is 92.2 Å². The fraction of sp³-hybridized carbons (Fsp3) is 0.0189. The van der Waals surface area contributed by atoms with E-state index in [0.29, 0.717) is 0 Å². The Morgan fingerprint density at radius 3 is 1.73 bits per heavy atom. The van der Waals surface area contributed by atoms with Gasteiger partial charge in [0.2, 0.25) is 0 Å². The van der Waals surface area contributed by atoms with Gasteiger partial charge in [-0.25, -0.2) is 0 Å². The van der Waals surface area contributed by atoms with Gasteiger partial charge in [0.05, 0.1) is 16.5 Å². The molecular weight excluding hydrogens is 667 g/mol. The molecule has 0 radical (unpaired) electrons. The average Bonchev–Trinajstić information content (AvgIpc) is 3.80. The Morgan fingerprint density at radius 1 is 0.400 bits per heavy atom. The van der Waals surface area contributed by atoms with Gasteiger partial charge in [-0.15, -0.1) is 0 Å². The summed E-state index contributed by atoms with van der Waals surface area (Å²) < 4.78 is 6.94. The van der Waals surface area contributed by atoms with Crippen LogP contribution in [0.15, 0.2) is 217 Å². The minimum Gasteiger partial charge on any atom is -0.455 e. The van der Waals surface area contributed by atoms with E-state index >= 15 is 0 Å². The first-order chi connectivity index (χ1) is 27.3. The van der Waals surface area contributed by atoms with Crippen molar-refractivity contribution in [2.75, 3.05) is 4.90 Å². The number of para-hydroxylation sites is 1. The van der Waals surface area contributed by atoms with Crippen molar-refractivity contribution < 1.29 is 4.42 Å². The van der Waals surface area contributed by atoms with Gasteiger partial charge in [0.25, 0.3) is 0 Å². The van der Waals surface area contributed by atoms with E-state index in [1.165, 1.54) is 44.2 Å². The maximum absolute atomic E-state index is 6.94. The van der Waals surface area contributed by atoms with Crippen LogP contribution in [-0.2, 0) is 5.41 Å². The van der Waals surface area contributed by atoms with Crippen LogP contribution < -0.4 is 4.90 Å². The Labute approximate surface area is 320 Å². The van der Waals surface area contributed by atoms with E-state index in [4.69, 9.17) is 4.42 Å². The maximum atomic E-state index is 6.94. The lowest BCUT2D eigenvalue weighted by atomic mass is 9.67. The fourth-order valence-corrected chi connectivity index (χ4v) is 9.26. The first-order valence-corrected chi connectivity index (χ1v) is 18.9. The van der Waals surface area contributed by atoms with Gasteiger partial charge in [0.1, 0.15) is 11.2 Å². The summed E-state index contributed by atoms with van der Waals surface area (Å²) in [6.07, 6.45) is 0. The SMILES string of the molecule is c1ccc(-c2cc3ccccc3c3c2oc2cccc(N(c4ccccc4)c4cccc(C5(c6ccccc6)c6ccccc6-c6ccccc65)c4)c23)cc1. The lowest BCUT2D eigenvalue weighted by Crippen LogP contribution is -2.28. The van der Waals surface area contributed by atoms with Gasteiger partial charge in [0, 0.05) is 22.3 Å². The van der Waals surface area contributed by atoms with Crippen LogP contribution >= 0.6 is 0 Å². The molecule has 1 aliphatic carbocycles. The van der Waals surface area contributed by atoms with Crippen molar-refractivity contribution in [2.24, 2.45) is 0 Å². The zero-order valence-corrected chi connectivity index (χ0v) is 30.1. The second kappa shape index (κ2) is 12.5. The smallest absolute Gasteiger partial charge is 0.143 e. The molecule has 0 saturated carbocycles. The first kappa shape index (κ1) is 31.4. The van der Waals surface area contributed by atoms with Gasteiger partial charge in [-0.2, -0.15) is 0 Å². The lowest BCUT2D eigenvalue weighted by molar-refractivity contribution is 0.670. The minimum atomic E-state index is -0.512. The highest BCUT2D eigenvalue weighted by atomic mass is 16.3. The number of rotatable bonds is 6. The molecule has 258 valence electrons. The van der Waals surface area contributed by atoms with Crippen LogP contribution in [0.4, 0.5) is 17.1 Å². The molecule has 2 nitrogen and oxygen atoms in total. The monoisotopic (exact) mass is 701 g/mol. The Hall–Kier alpha value is -7.16. The molecule has 1 heterocycles. The molecule has 9 aromatic carbocycles. The number of benzene rings is 9. The summed E-state index contributed by atoms with van der Waals surface area (Å²) >= 11 is 0. The molecule has 1 aromatic heterocycles.